The molecule has 0 heterocycles. The van der Waals surface area contributed by atoms with Crippen LogP contribution in [-0.2, 0) is 13.0 Å². The van der Waals surface area contributed by atoms with E-state index in [4.69, 9.17) is 0 Å². The molecular formula is C15H25NS. The first-order valence-corrected chi connectivity index (χ1v) is 7.34. The Kier molecular flexibility index (Phi) is 7.38. The Morgan fingerprint density at radius 3 is 2.06 bits per heavy atom. The van der Waals surface area contributed by atoms with E-state index in [1.165, 1.54) is 30.4 Å². The zero-order valence-corrected chi connectivity index (χ0v) is 12.0. The highest BCUT2D eigenvalue weighted by atomic mass is 32.1. The van der Waals surface area contributed by atoms with Gasteiger partial charge in [0.2, 0.25) is 0 Å². The largest absolute Gasteiger partial charge is 0.300 e. The number of hydrogen-bond donors (Lipinski definition) is 1. The van der Waals surface area contributed by atoms with Crippen molar-refractivity contribution >= 4 is 12.6 Å². The van der Waals surface area contributed by atoms with E-state index in [0.717, 1.165) is 25.4 Å². The number of benzene rings is 1. The Hall–Kier alpha value is -0.470. The zero-order valence-electron chi connectivity index (χ0n) is 11.2. The smallest absolute Gasteiger partial charge is 0.0233 e. The second-order valence-electron chi connectivity index (χ2n) is 4.46. The fraction of sp³-hybridized carbons (Fsp3) is 0.600. The summed E-state index contributed by atoms with van der Waals surface area (Å²) in [6.45, 7) is 7.76. The molecule has 0 saturated carbocycles. The predicted octanol–water partition coefficient (Wildman–Crippen LogP) is 3.78. The van der Waals surface area contributed by atoms with Crippen LogP contribution >= 0.6 is 12.6 Å². The maximum atomic E-state index is 4.24. The molecule has 0 aliphatic heterocycles. The minimum atomic E-state index is 1.00. The van der Waals surface area contributed by atoms with Crippen LogP contribution in [0.15, 0.2) is 24.3 Å². The van der Waals surface area contributed by atoms with Crippen molar-refractivity contribution in [3.8, 4) is 0 Å². The van der Waals surface area contributed by atoms with Gasteiger partial charge in [-0.1, -0.05) is 38.1 Å². The van der Waals surface area contributed by atoms with Gasteiger partial charge in [-0.15, -0.1) is 0 Å². The van der Waals surface area contributed by atoms with E-state index in [0.29, 0.717) is 0 Å². The summed E-state index contributed by atoms with van der Waals surface area (Å²) >= 11 is 4.24. The number of aryl methyl sites for hydroxylation is 1. The van der Waals surface area contributed by atoms with Gasteiger partial charge in [-0.2, -0.15) is 12.6 Å². The van der Waals surface area contributed by atoms with Crippen LogP contribution in [0.4, 0.5) is 0 Å². The SMILES string of the molecule is CCN(CC)Cc1ccc(CCCCS)cc1. The van der Waals surface area contributed by atoms with Crippen LogP contribution in [0.5, 0.6) is 0 Å². The molecular weight excluding hydrogens is 226 g/mol. The van der Waals surface area contributed by atoms with Crippen molar-refractivity contribution in [1.29, 1.82) is 0 Å². The van der Waals surface area contributed by atoms with Crippen LogP contribution in [0, 0.1) is 0 Å². The van der Waals surface area contributed by atoms with Crippen LogP contribution in [0.3, 0.4) is 0 Å². The van der Waals surface area contributed by atoms with Gasteiger partial charge in [0.05, 0.1) is 0 Å². The van der Waals surface area contributed by atoms with Gasteiger partial charge in [-0.3, -0.25) is 4.90 Å². The minimum Gasteiger partial charge on any atom is -0.300 e. The van der Waals surface area contributed by atoms with Crippen molar-refractivity contribution in [1.82, 2.24) is 4.90 Å². The molecule has 2 heteroatoms. The lowest BCUT2D eigenvalue weighted by Crippen LogP contribution is -2.21. The van der Waals surface area contributed by atoms with Crippen molar-refractivity contribution in [2.45, 2.75) is 39.7 Å². The Morgan fingerprint density at radius 2 is 1.53 bits per heavy atom. The molecule has 0 amide bonds. The average molecular weight is 251 g/mol. The van der Waals surface area contributed by atoms with E-state index in [1.807, 2.05) is 0 Å². The van der Waals surface area contributed by atoms with E-state index >= 15 is 0 Å². The summed E-state index contributed by atoms with van der Waals surface area (Å²) in [4.78, 5) is 2.44. The van der Waals surface area contributed by atoms with Crippen molar-refractivity contribution in [3.63, 3.8) is 0 Å². The highest BCUT2D eigenvalue weighted by Crippen LogP contribution is 2.10. The molecule has 0 radical (unpaired) electrons. The molecule has 0 spiro atoms. The van der Waals surface area contributed by atoms with Crippen molar-refractivity contribution < 1.29 is 0 Å². The lowest BCUT2D eigenvalue weighted by Gasteiger charge is -2.18. The molecule has 0 N–H and O–H groups in total. The molecule has 1 aromatic carbocycles. The lowest BCUT2D eigenvalue weighted by molar-refractivity contribution is 0.296. The first-order chi connectivity index (χ1) is 8.30. The normalized spacial score (nSPS) is 11.1. The van der Waals surface area contributed by atoms with Gasteiger partial charge < -0.3 is 0 Å². The van der Waals surface area contributed by atoms with Crippen LogP contribution in [-0.4, -0.2) is 23.7 Å². The van der Waals surface area contributed by atoms with Crippen LogP contribution in [0.25, 0.3) is 0 Å². The molecule has 0 fully saturated rings. The third kappa shape index (κ3) is 5.60. The zero-order chi connectivity index (χ0) is 12.5. The Bertz CT molecular complexity index is 290. The molecule has 17 heavy (non-hydrogen) atoms. The molecule has 0 saturated heterocycles. The molecule has 0 aliphatic carbocycles. The topological polar surface area (TPSA) is 3.24 Å². The maximum Gasteiger partial charge on any atom is 0.0233 e. The molecule has 1 rings (SSSR count). The van der Waals surface area contributed by atoms with Gasteiger partial charge in [-0.25, -0.2) is 0 Å². The van der Waals surface area contributed by atoms with E-state index in [-0.39, 0.29) is 0 Å². The van der Waals surface area contributed by atoms with Gasteiger partial charge in [0, 0.05) is 6.54 Å². The predicted molar refractivity (Wildman–Crippen MR) is 79.9 cm³/mol. The molecule has 1 nitrogen and oxygen atoms in total. The number of unbranched alkanes of at least 4 members (excludes halogenated alkanes) is 1. The van der Waals surface area contributed by atoms with Gasteiger partial charge in [-0.05, 0) is 49.2 Å². The molecule has 0 atom stereocenters. The number of rotatable bonds is 8. The van der Waals surface area contributed by atoms with E-state index < -0.39 is 0 Å². The summed E-state index contributed by atoms with van der Waals surface area (Å²) in [6.07, 6.45) is 3.65. The fourth-order valence-corrected chi connectivity index (χ4v) is 2.18. The lowest BCUT2D eigenvalue weighted by atomic mass is 10.1. The molecule has 1 aromatic rings. The maximum absolute atomic E-state index is 4.24. The molecule has 0 aliphatic rings. The van der Waals surface area contributed by atoms with Crippen molar-refractivity contribution in [2.24, 2.45) is 0 Å². The van der Waals surface area contributed by atoms with Gasteiger partial charge >= 0.3 is 0 Å². The summed E-state index contributed by atoms with van der Waals surface area (Å²) in [5.74, 6) is 1.00. The summed E-state index contributed by atoms with van der Waals surface area (Å²) in [5.41, 5.74) is 2.88. The van der Waals surface area contributed by atoms with Crippen LogP contribution < -0.4 is 0 Å². The summed E-state index contributed by atoms with van der Waals surface area (Å²) in [6, 6.07) is 9.09. The standard InChI is InChI=1S/C15H25NS/c1-3-16(4-2)13-15-10-8-14(9-11-15)7-5-6-12-17/h8-11,17H,3-7,12-13H2,1-2H3. The molecule has 0 bridgehead atoms. The third-order valence-electron chi connectivity index (χ3n) is 3.20. The summed E-state index contributed by atoms with van der Waals surface area (Å²) in [7, 11) is 0. The average Bonchev–Trinajstić information content (AvgIpc) is 2.38. The van der Waals surface area contributed by atoms with E-state index in [2.05, 4.69) is 55.6 Å². The Balaban J connectivity index is 2.44. The molecule has 0 unspecified atom stereocenters. The van der Waals surface area contributed by atoms with Crippen molar-refractivity contribution in [2.75, 3.05) is 18.8 Å². The van der Waals surface area contributed by atoms with Gasteiger partial charge in [0.15, 0.2) is 0 Å². The second kappa shape index (κ2) is 8.60. The first-order valence-electron chi connectivity index (χ1n) is 6.71. The van der Waals surface area contributed by atoms with Crippen molar-refractivity contribution in [3.05, 3.63) is 35.4 Å². The third-order valence-corrected chi connectivity index (χ3v) is 3.51. The monoisotopic (exact) mass is 251 g/mol. The summed E-state index contributed by atoms with van der Waals surface area (Å²) in [5, 5.41) is 0. The van der Waals surface area contributed by atoms with Gasteiger partial charge in [0.1, 0.15) is 0 Å². The number of thiol groups is 1. The highest BCUT2D eigenvalue weighted by Gasteiger charge is 2.01. The molecule has 96 valence electrons. The quantitative estimate of drug-likeness (QED) is 0.543. The van der Waals surface area contributed by atoms with Gasteiger partial charge in [0.25, 0.3) is 0 Å². The number of hydrogen-bond acceptors (Lipinski definition) is 2. The highest BCUT2D eigenvalue weighted by molar-refractivity contribution is 7.80. The van der Waals surface area contributed by atoms with Crippen LogP contribution in [0.1, 0.15) is 37.8 Å². The minimum absolute atomic E-state index is 1.00. The fourth-order valence-electron chi connectivity index (χ4n) is 1.96. The van der Waals surface area contributed by atoms with E-state index in [1.54, 1.807) is 0 Å². The summed E-state index contributed by atoms with van der Waals surface area (Å²) < 4.78 is 0. The first kappa shape index (κ1) is 14.6. The van der Waals surface area contributed by atoms with E-state index in [9.17, 15) is 0 Å². The van der Waals surface area contributed by atoms with Crippen LogP contribution in [0.2, 0.25) is 0 Å². The second-order valence-corrected chi connectivity index (χ2v) is 4.91. The Morgan fingerprint density at radius 1 is 0.941 bits per heavy atom. The number of nitrogens with zero attached hydrogens (tertiary/aromatic N) is 1. The Labute approximate surface area is 112 Å². The molecule has 0 aromatic heterocycles.